The fourth-order valence-corrected chi connectivity index (χ4v) is 5.54. The van der Waals surface area contributed by atoms with Crippen molar-refractivity contribution in [3.63, 3.8) is 0 Å². The molecule has 9 heteroatoms. The van der Waals surface area contributed by atoms with Crippen LogP contribution in [0.25, 0.3) is 16.0 Å². The second-order valence-corrected chi connectivity index (χ2v) is 9.05. The SMILES string of the molecule is O=C(c1nn(-c2ccccc2F)c2c1CCC2)N1CCN(c2nc3cccnc3s2)CC1. The van der Waals surface area contributed by atoms with E-state index in [0.29, 0.717) is 37.6 Å². The Morgan fingerprint density at radius 2 is 1.88 bits per heavy atom. The number of para-hydroxylation sites is 1. The maximum absolute atomic E-state index is 14.4. The Labute approximate surface area is 188 Å². The summed E-state index contributed by atoms with van der Waals surface area (Å²) in [5, 5.41) is 5.54. The first-order valence-corrected chi connectivity index (χ1v) is 11.6. The van der Waals surface area contributed by atoms with Gasteiger partial charge in [0.05, 0.1) is 0 Å². The monoisotopic (exact) mass is 448 g/mol. The Bertz CT molecular complexity index is 1290. The fraction of sp³-hybridized carbons (Fsp3) is 0.304. The third kappa shape index (κ3) is 3.15. The first-order valence-electron chi connectivity index (χ1n) is 10.8. The minimum Gasteiger partial charge on any atom is -0.344 e. The topological polar surface area (TPSA) is 67.2 Å². The molecule has 1 aliphatic carbocycles. The summed E-state index contributed by atoms with van der Waals surface area (Å²) in [6.45, 7) is 2.62. The molecule has 2 aliphatic rings. The molecule has 32 heavy (non-hydrogen) atoms. The fourth-order valence-electron chi connectivity index (χ4n) is 4.58. The van der Waals surface area contributed by atoms with Gasteiger partial charge in [0.25, 0.3) is 5.91 Å². The maximum atomic E-state index is 14.4. The number of piperazine rings is 1. The standard InChI is InChI=1S/C23H21FN6OS/c24-16-6-1-2-8-19(16)30-18-9-3-5-15(18)20(27-30)22(31)28-11-13-29(14-12-28)23-26-17-7-4-10-25-21(17)32-23/h1-2,4,6-8,10H,3,5,9,11-14H2. The van der Waals surface area contributed by atoms with Gasteiger partial charge in [-0.3, -0.25) is 4.79 Å². The van der Waals surface area contributed by atoms with E-state index in [9.17, 15) is 9.18 Å². The lowest BCUT2D eigenvalue weighted by Crippen LogP contribution is -2.49. The summed E-state index contributed by atoms with van der Waals surface area (Å²) in [6.07, 6.45) is 4.36. The molecule has 6 rings (SSSR count). The van der Waals surface area contributed by atoms with Crippen LogP contribution in [-0.2, 0) is 12.8 Å². The van der Waals surface area contributed by atoms with Gasteiger partial charge >= 0.3 is 0 Å². The number of halogens is 1. The van der Waals surface area contributed by atoms with E-state index >= 15 is 0 Å². The van der Waals surface area contributed by atoms with Crippen LogP contribution in [0.4, 0.5) is 9.52 Å². The Kier molecular flexibility index (Phi) is 4.64. The zero-order valence-electron chi connectivity index (χ0n) is 17.4. The highest BCUT2D eigenvalue weighted by Gasteiger charge is 2.32. The second kappa shape index (κ2) is 7.67. The van der Waals surface area contributed by atoms with E-state index in [1.165, 1.54) is 6.07 Å². The summed E-state index contributed by atoms with van der Waals surface area (Å²) in [5.41, 5.74) is 3.70. The molecule has 4 aromatic rings. The predicted molar refractivity (Wildman–Crippen MR) is 121 cm³/mol. The van der Waals surface area contributed by atoms with Crippen molar-refractivity contribution in [3.8, 4) is 5.69 Å². The zero-order chi connectivity index (χ0) is 21.7. The van der Waals surface area contributed by atoms with E-state index < -0.39 is 0 Å². The summed E-state index contributed by atoms with van der Waals surface area (Å²) in [7, 11) is 0. The highest BCUT2D eigenvalue weighted by Crippen LogP contribution is 2.31. The average Bonchev–Trinajstić information content (AvgIpc) is 3.54. The molecule has 0 bridgehead atoms. The molecular weight excluding hydrogens is 427 g/mol. The van der Waals surface area contributed by atoms with Crippen molar-refractivity contribution in [1.82, 2.24) is 24.6 Å². The van der Waals surface area contributed by atoms with Crippen molar-refractivity contribution in [2.24, 2.45) is 0 Å². The van der Waals surface area contributed by atoms with Gasteiger partial charge in [0.2, 0.25) is 0 Å². The van der Waals surface area contributed by atoms with Gasteiger partial charge in [-0.15, -0.1) is 0 Å². The van der Waals surface area contributed by atoms with Crippen molar-refractivity contribution in [2.75, 3.05) is 31.1 Å². The van der Waals surface area contributed by atoms with E-state index in [-0.39, 0.29) is 11.7 Å². The van der Waals surface area contributed by atoms with Gasteiger partial charge in [0.15, 0.2) is 10.8 Å². The lowest BCUT2D eigenvalue weighted by molar-refractivity contribution is 0.0739. The number of nitrogens with zero attached hydrogens (tertiary/aromatic N) is 6. The lowest BCUT2D eigenvalue weighted by Gasteiger charge is -2.34. The van der Waals surface area contributed by atoms with Gasteiger partial charge in [-0.2, -0.15) is 5.10 Å². The van der Waals surface area contributed by atoms with Crippen molar-refractivity contribution in [3.05, 3.63) is 65.4 Å². The minimum atomic E-state index is -0.331. The minimum absolute atomic E-state index is 0.0659. The molecule has 7 nitrogen and oxygen atoms in total. The number of rotatable bonds is 3. The largest absolute Gasteiger partial charge is 0.344 e. The zero-order valence-corrected chi connectivity index (χ0v) is 18.2. The molecule has 0 atom stereocenters. The quantitative estimate of drug-likeness (QED) is 0.480. The smallest absolute Gasteiger partial charge is 0.274 e. The average molecular weight is 449 g/mol. The molecule has 1 saturated heterocycles. The maximum Gasteiger partial charge on any atom is 0.274 e. The van der Waals surface area contributed by atoms with Crippen LogP contribution in [0.3, 0.4) is 0 Å². The Hall–Kier alpha value is -3.33. The number of fused-ring (bicyclic) bond motifs is 2. The number of hydrogen-bond donors (Lipinski definition) is 0. The number of aromatic nitrogens is 4. The summed E-state index contributed by atoms with van der Waals surface area (Å²) < 4.78 is 16.1. The van der Waals surface area contributed by atoms with Gasteiger partial charge in [-0.25, -0.2) is 19.0 Å². The van der Waals surface area contributed by atoms with Crippen molar-refractivity contribution in [2.45, 2.75) is 19.3 Å². The molecule has 1 aromatic carbocycles. The normalized spacial score (nSPS) is 16.0. The molecule has 0 spiro atoms. The van der Waals surface area contributed by atoms with Crippen LogP contribution in [0.2, 0.25) is 0 Å². The Balaban J connectivity index is 1.23. The van der Waals surface area contributed by atoms with Crippen molar-refractivity contribution >= 4 is 32.7 Å². The Morgan fingerprint density at radius 1 is 1.03 bits per heavy atom. The molecule has 0 radical (unpaired) electrons. The summed E-state index contributed by atoms with van der Waals surface area (Å²) in [5.74, 6) is -0.397. The van der Waals surface area contributed by atoms with Crippen LogP contribution in [0.1, 0.15) is 28.2 Å². The number of benzene rings is 1. The molecular formula is C23H21FN6OS. The first-order chi connectivity index (χ1) is 15.7. The second-order valence-electron chi connectivity index (χ2n) is 8.09. The first kappa shape index (κ1) is 19.4. The van der Waals surface area contributed by atoms with E-state index in [4.69, 9.17) is 0 Å². The third-order valence-electron chi connectivity index (χ3n) is 6.21. The molecule has 1 amide bonds. The molecule has 3 aromatic heterocycles. The number of amides is 1. The number of carbonyl (C=O) groups excluding carboxylic acids is 1. The molecule has 0 saturated carbocycles. The van der Waals surface area contributed by atoms with E-state index in [0.717, 1.165) is 46.0 Å². The van der Waals surface area contributed by atoms with Crippen molar-refractivity contribution < 1.29 is 9.18 Å². The highest BCUT2D eigenvalue weighted by atomic mass is 32.1. The summed E-state index contributed by atoms with van der Waals surface area (Å²) in [6, 6.07) is 10.4. The molecule has 1 fully saturated rings. The van der Waals surface area contributed by atoms with Crippen LogP contribution in [0.15, 0.2) is 42.6 Å². The number of thiazole rings is 1. The van der Waals surface area contributed by atoms with E-state index in [1.807, 2.05) is 17.0 Å². The van der Waals surface area contributed by atoms with Crippen LogP contribution in [0, 0.1) is 5.82 Å². The van der Waals surface area contributed by atoms with Crippen LogP contribution in [0.5, 0.6) is 0 Å². The molecule has 162 valence electrons. The highest BCUT2D eigenvalue weighted by molar-refractivity contribution is 7.21. The Morgan fingerprint density at radius 3 is 2.69 bits per heavy atom. The number of carbonyl (C=O) groups is 1. The van der Waals surface area contributed by atoms with Gasteiger partial charge in [-0.1, -0.05) is 23.5 Å². The van der Waals surface area contributed by atoms with E-state index in [1.54, 1.807) is 40.4 Å². The number of pyridine rings is 1. The van der Waals surface area contributed by atoms with Gasteiger partial charge in [0, 0.05) is 43.6 Å². The van der Waals surface area contributed by atoms with Gasteiger partial charge in [-0.05, 0) is 43.5 Å². The molecule has 1 aliphatic heterocycles. The molecule has 0 N–H and O–H groups in total. The number of anilines is 1. The number of hydrogen-bond acceptors (Lipinski definition) is 6. The third-order valence-corrected chi connectivity index (χ3v) is 7.25. The van der Waals surface area contributed by atoms with Crippen LogP contribution in [-0.4, -0.2) is 56.7 Å². The van der Waals surface area contributed by atoms with E-state index in [2.05, 4.69) is 20.0 Å². The van der Waals surface area contributed by atoms with Crippen LogP contribution < -0.4 is 4.90 Å². The lowest BCUT2D eigenvalue weighted by atomic mass is 10.1. The predicted octanol–water partition coefficient (Wildman–Crippen LogP) is 3.47. The van der Waals surface area contributed by atoms with Gasteiger partial charge in [0.1, 0.15) is 21.9 Å². The molecule has 4 heterocycles. The van der Waals surface area contributed by atoms with Crippen LogP contribution >= 0.6 is 11.3 Å². The molecule has 0 unspecified atom stereocenters. The van der Waals surface area contributed by atoms with Gasteiger partial charge < -0.3 is 9.80 Å². The summed E-state index contributed by atoms with van der Waals surface area (Å²) >= 11 is 1.58. The summed E-state index contributed by atoms with van der Waals surface area (Å²) in [4.78, 5) is 27.4. The van der Waals surface area contributed by atoms with Crippen molar-refractivity contribution in [1.29, 1.82) is 0 Å².